The van der Waals surface area contributed by atoms with Crippen molar-refractivity contribution in [2.75, 3.05) is 0 Å². The second kappa shape index (κ2) is 5.21. The van der Waals surface area contributed by atoms with Gasteiger partial charge in [-0.1, -0.05) is 17.7 Å². The van der Waals surface area contributed by atoms with Crippen molar-refractivity contribution in [2.24, 2.45) is 0 Å². The van der Waals surface area contributed by atoms with Crippen molar-refractivity contribution in [1.29, 1.82) is 0 Å². The van der Waals surface area contributed by atoms with E-state index in [-0.39, 0.29) is 11.8 Å². The van der Waals surface area contributed by atoms with Crippen LogP contribution in [0.15, 0.2) is 24.3 Å². The number of hydrazine groups is 1. The highest BCUT2D eigenvalue weighted by atomic mass is 16.2. The van der Waals surface area contributed by atoms with Gasteiger partial charge in [0.25, 0.3) is 5.91 Å². The Bertz CT molecular complexity index is 461. The van der Waals surface area contributed by atoms with E-state index in [9.17, 15) is 9.59 Å². The molecule has 0 aromatic heterocycles. The third-order valence-corrected chi connectivity index (χ3v) is 2.41. The van der Waals surface area contributed by atoms with Crippen LogP contribution >= 0.6 is 0 Å². The van der Waals surface area contributed by atoms with Gasteiger partial charge in [0.2, 0.25) is 5.91 Å². The quantitative estimate of drug-likeness (QED) is 0.775. The SMILES string of the molecule is CC(=O)NN(C(=O)c1cccc(C)c1)C(C)(C)C. The van der Waals surface area contributed by atoms with Gasteiger partial charge in [-0.15, -0.1) is 0 Å². The number of aryl methyl sites for hydroxylation is 1. The number of rotatable bonds is 1. The minimum absolute atomic E-state index is 0.207. The zero-order chi connectivity index (χ0) is 13.9. The second-order valence-electron chi connectivity index (χ2n) is 5.35. The fourth-order valence-electron chi connectivity index (χ4n) is 1.59. The third kappa shape index (κ3) is 3.58. The summed E-state index contributed by atoms with van der Waals surface area (Å²) in [6.07, 6.45) is 0. The van der Waals surface area contributed by atoms with Gasteiger partial charge in [-0.05, 0) is 39.8 Å². The average Bonchev–Trinajstić information content (AvgIpc) is 2.23. The molecule has 98 valence electrons. The number of carbonyl (C=O) groups excluding carboxylic acids is 2. The van der Waals surface area contributed by atoms with Gasteiger partial charge in [-0.3, -0.25) is 15.0 Å². The molecular weight excluding hydrogens is 228 g/mol. The van der Waals surface area contributed by atoms with Gasteiger partial charge in [0, 0.05) is 12.5 Å². The van der Waals surface area contributed by atoms with Crippen LogP contribution in [0.25, 0.3) is 0 Å². The largest absolute Gasteiger partial charge is 0.274 e. The Balaban J connectivity index is 3.06. The van der Waals surface area contributed by atoms with E-state index in [1.54, 1.807) is 6.07 Å². The number of benzene rings is 1. The molecule has 0 aliphatic heterocycles. The molecule has 2 amide bonds. The van der Waals surface area contributed by atoms with Crippen LogP contribution in [0.4, 0.5) is 0 Å². The molecule has 0 saturated carbocycles. The first-order chi connectivity index (χ1) is 8.21. The molecule has 0 bridgehead atoms. The first-order valence-corrected chi connectivity index (χ1v) is 5.90. The van der Waals surface area contributed by atoms with Crippen molar-refractivity contribution in [3.8, 4) is 0 Å². The molecule has 1 N–H and O–H groups in total. The molecule has 1 aromatic carbocycles. The number of amides is 2. The highest BCUT2D eigenvalue weighted by Gasteiger charge is 2.28. The van der Waals surface area contributed by atoms with Crippen molar-refractivity contribution in [3.63, 3.8) is 0 Å². The van der Waals surface area contributed by atoms with Gasteiger partial charge in [-0.25, -0.2) is 5.01 Å². The minimum atomic E-state index is -0.480. The van der Waals surface area contributed by atoms with Crippen LogP contribution in [0.2, 0.25) is 0 Å². The third-order valence-electron chi connectivity index (χ3n) is 2.41. The summed E-state index contributed by atoms with van der Waals surface area (Å²) in [4.78, 5) is 23.6. The molecular formula is C14H20N2O2. The molecule has 0 radical (unpaired) electrons. The Labute approximate surface area is 108 Å². The topological polar surface area (TPSA) is 49.4 Å². The van der Waals surface area contributed by atoms with Crippen molar-refractivity contribution >= 4 is 11.8 Å². The number of nitrogens with zero attached hydrogens (tertiary/aromatic N) is 1. The zero-order valence-electron chi connectivity index (χ0n) is 11.6. The fourth-order valence-corrected chi connectivity index (χ4v) is 1.59. The second-order valence-corrected chi connectivity index (χ2v) is 5.35. The summed E-state index contributed by atoms with van der Waals surface area (Å²) in [5.41, 5.74) is 3.68. The molecule has 0 saturated heterocycles. The maximum Gasteiger partial charge on any atom is 0.272 e. The van der Waals surface area contributed by atoms with Crippen LogP contribution in [0.5, 0.6) is 0 Å². The lowest BCUT2D eigenvalue weighted by molar-refractivity contribution is -0.124. The lowest BCUT2D eigenvalue weighted by Crippen LogP contribution is -2.55. The van der Waals surface area contributed by atoms with Crippen LogP contribution in [0.1, 0.15) is 43.6 Å². The summed E-state index contributed by atoms with van der Waals surface area (Å²) in [6, 6.07) is 7.31. The molecule has 4 heteroatoms. The fraction of sp³-hybridized carbons (Fsp3) is 0.429. The van der Waals surface area contributed by atoms with E-state index in [1.807, 2.05) is 45.9 Å². The molecule has 0 heterocycles. The van der Waals surface area contributed by atoms with E-state index in [1.165, 1.54) is 11.9 Å². The minimum Gasteiger partial charge on any atom is -0.274 e. The smallest absolute Gasteiger partial charge is 0.272 e. The number of hydrogen-bond acceptors (Lipinski definition) is 2. The molecule has 1 aromatic rings. The van der Waals surface area contributed by atoms with Gasteiger partial charge >= 0.3 is 0 Å². The standard InChI is InChI=1S/C14H20N2O2/c1-10-7-6-8-12(9-10)13(18)16(14(3,4)5)15-11(2)17/h6-9H,1-5H3,(H,15,17). The van der Waals surface area contributed by atoms with E-state index >= 15 is 0 Å². The van der Waals surface area contributed by atoms with E-state index < -0.39 is 5.54 Å². The molecule has 18 heavy (non-hydrogen) atoms. The number of carbonyl (C=O) groups is 2. The Morgan fingerprint density at radius 3 is 2.28 bits per heavy atom. The first-order valence-electron chi connectivity index (χ1n) is 5.90. The van der Waals surface area contributed by atoms with Crippen LogP contribution in [-0.4, -0.2) is 22.4 Å². The van der Waals surface area contributed by atoms with Crippen LogP contribution in [-0.2, 0) is 4.79 Å². The van der Waals surface area contributed by atoms with Crippen LogP contribution < -0.4 is 5.43 Å². The monoisotopic (exact) mass is 248 g/mol. The van der Waals surface area contributed by atoms with E-state index in [0.717, 1.165) is 5.56 Å². The lowest BCUT2D eigenvalue weighted by Gasteiger charge is -2.35. The molecule has 0 spiro atoms. The van der Waals surface area contributed by atoms with E-state index in [2.05, 4.69) is 5.43 Å². The van der Waals surface area contributed by atoms with E-state index in [4.69, 9.17) is 0 Å². The summed E-state index contributed by atoms with van der Waals surface area (Å²) in [5.74, 6) is -0.465. The highest BCUT2D eigenvalue weighted by Crippen LogP contribution is 2.15. The molecule has 0 unspecified atom stereocenters. The van der Waals surface area contributed by atoms with Gasteiger partial charge < -0.3 is 0 Å². The molecule has 0 atom stereocenters. The maximum atomic E-state index is 12.4. The number of hydrogen-bond donors (Lipinski definition) is 1. The normalized spacial score (nSPS) is 10.9. The predicted molar refractivity (Wildman–Crippen MR) is 70.9 cm³/mol. The first kappa shape index (κ1) is 14.2. The van der Waals surface area contributed by atoms with Crippen LogP contribution in [0.3, 0.4) is 0 Å². The summed E-state index contributed by atoms with van der Waals surface area (Å²) < 4.78 is 0. The molecule has 1 rings (SSSR count). The van der Waals surface area contributed by atoms with Crippen molar-refractivity contribution in [2.45, 2.75) is 40.2 Å². The molecule has 0 aliphatic carbocycles. The predicted octanol–water partition coefficient (Wildman–Crippen LogP) is 2.29. The lowest BCUT2D eigenvalue weighted by atomic mass is 10.1. The van der Waals surface area contributed by atoms with Gasteiger partial charge in [0.15, 0.2) is 0 Å². The molecule has 4 nitrogen and oxygen atoms in total. The van der Waals surface area contributed by atoms with Crippen molar-refractivity contribution < 1.29 is 9.59 Å². The Kier molecular flexibility index (Phi) is 4.11. The molecule has 0 fully saturated rings. The zero-order valence-corrected chi connectivity index (χ0v) is 11.6. The summed E-state index contributed by atoms with van der Waals surface area (Å²) >= 11 is 0. The van der Waals surface area contributed by atoms with Crippen molar-refractivity contribution in [1.82, 2.24) is 10.4 Å². The summed E-state index contributed by atoms with van der Waals surface area (Å²) in [7, 11) is 0. The number of nitrogens with one attached hydrogen (secondary N) is 1. The Hall–Kier alpha value is -1.84. The average molecular weight is 248 g/mol. The molecule has 0 aliphatic rings. The van der Waals surface area contributed by atoms with Crippen LogP contribution in [0, 0.1) is 6.92 Å². The Morgan fingerprint density at radius 1 is 1.22 bits per heavy atom. The van der Waals surface area contributed by atoms with Crippen molar-refractivity contribution in [3.05, 3.63) is 35.4 Å². The Morgan fingerprint density at radius 2 is 1.83 bits per heavy atom. The highest BCUT2D eigenvalue weighted by molar-refractivity contribution is 5.95. The maximum absolute atomic E-state index is 12.4. The summed E-state index contributed by atoms with van der Waals surface area (Å²) in [6.45, 7) is 8.93. The van der Waals surface area contributed by atoms with E-state index in [0.29, 0.717) is 5.56 Å². The summed E-state index contributed by atoms with van der Waals surface area (Å²) in [5, 5.41) is 1.37. The van der Waals surface area contributed by atoms with Gasteiger partial charge in [0.05, 0.1) is 5.54 Å². The van der Waals surface area contributed by atoms with Gasteiger partial charge in [0.1, 0.15) is 0 Å². The van der Waals surface area contributed by atoms with Gasteiger partial charge in [-0.2, -0.15) is 0 Å².